The normalized spacial score (nSPS) is 20.5. The number of hydrogen-bond donors (Lipinski definition) is 0. The molecule has 1 unspecified atom stereocenters. The summed E-state index contributed by atoms with van der Waals surface area (Å²) in [5, 5.41) is -0.226. The van der Waals surface area contributed by atoms with Crippen LogP contribution in [0.4, 0.5) is 13.2 Å². The summed E-state index contributed by atoms with van der Waals surface area (Å²) in [5.41, 5.74) is -1.04. The zero-order valence-corrected chi connectivity index (χ0v) is 13.3. The number of benzene rings is 1. The van der Waals surface area contributed by atoms with Crippen molar-refractivity contribution >= 4 is 21.6 Å². The molecule has 9 heteroatoms. The average molecular weight is 358 g/mol. The van der Waals surface area contributed by atoms with Gasteiger partial charge in [0.2, 0.25) is 10.0 Å². The first kappa shape index (κ1) is 17.5. The highest BCUT2D eigenvalue weighted by molar-refractivity contribution is 7.89. The Bertz CT molecular complexity index is 648. The van der Waals surface area contributed by atoms with Crippen LogP contribution in [0.15, 0.2) is 23.1 Å². The summed E-state index contributed by atoms with van der Waals surface area (Å²) < 4.78 is 69.8. The van der Waals surface area contributed by atoms with Crippen molar-refractivity contribution in [3.63, 3.8) is 0 Å². The Morgan fingerprint density at radius 3 is 2.68 bits per heavy atom. The molecule has 0 bridgehead atoms. The molecule has 1 aromatic rings. The lowest BCUT2D eigenvalue weighted by Crippen LogP contribution is -2.38. The fraction of sp³-hybridized carbons (Fsp3) is 0.538. The van der Waals surface area contributed by atoms with Crippen LogP contribution in [0.5, 0.6) is 0 Å². The van der Waals surface area contributed by atoms with Gasteiger partial charge in [0.05, 0.1) is 17.2 Å². The van der Waals surface area contributed by atoms with Crippen molar-refractivity contribution in [2.75, 3.05) is 20.3 Å². The van der Waals surface area contributed by atoms with Crippen molar-refractivity contribution in [1.29, 1.82) is 0 Å². The second kappa shape index (κ2) is 6.35. The number of nitrogens with zero attached hydrogens (tertiary/aromatic N) is 1. The standard InChI is InChI=1S/C13H15ClF3NO3S/c1-21-8-10-3-2-6-18(10)22(19,20)12-7-9(13(15,16)17)4-5-11(12)14/h4-5,7,10H,2-3,6,8H2,1H3. The second-order valence-corrected chi connectivity index (χ2v) is 7.28. The molecule has 22 heavy (non-hydrogen) atoms. The molecule has 1 aliphatic heterocycles. The zero-order chi connectivity index (χ0) is 16.5. The van der Waals surface area contributed by atoms with Crippen LogP contribution < -0.4 is 0 Å². The number of halogens is 4. The van der Waals surface area contributed by atoms with Gasteiger partial charge in [-0.25, -0.2) is 8.42 Å². The Kier molecular flexibility index (Phi) is 5.06. The molecule has 0 saturated carbocycles. The highest BCUT2D eigenvalue weighted by Gasteiger charge is 2.38. The number of sulfonamides is 1. The number of alkyl halides is 3. The maximum Gasteiger partial charge on any atom is 0.416 e. The quantitative estimate of drug-likeness (QED) is 0.831. The minimum absolute atomic E-state index is 0.190. The van der Waals surface area contributed by atoms with E-state index in [1.807, 2.05) is 0 Å². The van der Waals surface area contributed by atoms with Gasteiger partial charge in [-0.05, 0) is 31.0 Å². The summed E-state index contributed by atoms with van der Waals surface area (Å²) in [5.74, 6) is 0. The topological polar surface area (TPSA) is 46.6 Å². The molecule has 0 N–H and O–H groups in total. The lowest BCUT2D eigenvalue weighted by molar-refractivity contribution is -0.137. The van der Waals surface area contributed by atoms with Gasteiger partial charge >= 0.3 is 6.18 Å². The van der Waals surface area contributed by atoms with Gasteiger partial charge in [-0.3, -0.25) is 0 Å². The summed E-state index contributed by atoms with van der Waals surface area (Å²) in [7, 11) is -2.66. The summed E-state index contributed by atoms with van der Waals surface area (Å²) >= 11 is 5.83. The maximum atomic E-state index is 12.8. The van der Waals surface area contributed by atoms with Gasteiger partial charge < -0.3 is 4.74 Å². The zero-order valence-electron chi connectivity index (χ0n) is 11.7. The number of rotatable bonds is 4. The molecule has 4 nitrogen and oxygen atoms in total. The van der Waals surface area contributed by atoms with Crippen molar-refractivity contribution in [2.24, 2.45) is 0 Å². The Morgan fingerprint density at radius 1 is 1.41 bits per heavy atom. The third-order valence-electron chi connectivity index (χ3n) is 3.53. The Labute approximate surface area is 131 Å². The molecule has 0 aliphatic carbocycles. The van der Waals surface area contributed by atoms with Gasteiger partial charge in [0, 0.05) is 19.7 Å². The molecule has 0 spiro atoms. The molecular weight excluding hydrogens is 343 g/mol. The van der Waals surface area contributed by atoms with Gasteiger partial charge in [0.1, 0.15) is 4.90 Å². The van der Waals surface area contributed by atoms with Crippen molar-refractivity contribution in [2.45, 2.75) is 30.0 Å². The van der Waals surface area contributed by atoms with Crippen molar-refractivity contribution < 1.29 is 26.3 Å². The molecular formula is C13H15ClF3NO3S. The van der Waals surface area contributed by atoms with Crippen LogP contribution in [0.25, 0.3) is 0 Å². The average Bonchev–Trinajstić information content (AvgIpc) is 2.87. The lowest BCUT2D eigenvalue weighted by atomic mass is 10.2. The maximum absolute atomic E-state index is 12.8. The molecule has 0 amide bonds. The van der Waals surface area contributed by atoms with E-state index in [1.54, 1.807) is 0 Å². The van der Waals surface area contributed by atoms with Crippen molar-refractivity contribution in [3.05, 3.63) is 28.8 Å². The van der Waals surface area contributed by atoms with Crippen LogP contribution in [0.3, 0.4) is 0 Å². The number of methoxy groups -OCH3 is 1. The first-order valence-corrected chi connectivity index (χ1v) is 8.37. The number of hydrogen-bond acceptors (Lipinski definition) is 3. The summed E-state index contributed by atoms with van der Waals surface area (Å²) in [4.78, 5) is -0.521. The molecule has 1 saturated heterocycles. The molecule has 0 aromatic heterocycles. The minimum atomic E-state index is -4.63. The molecule has 1 fully saturated rings. The predicted molar refractivity (Wildman–Crippen MR) is 75.2 cm³/mol. The Balaban J connectivity index is 2.45. The van der Waals surface area contributed by atoms with Crippen molar-refractivity contribution in [1.82, 2.24) is 4.31 Å². The summed E-state index contributed by atoms with van der Waals surface area (Å²) in [6, 6.07) is 1.91. The van der Waals surface area contributed by atoms with E-state index in [-0.39, 0.29) is 24.2 Å². The smallest absolute Gasteiger partial charge is 0.383 e. The van der Waals surface area contributed by atoms with Crippen LogP contribution >= 0.6 is 11.6 Å². The van der Waals surface area contributed by atoms with Crippen LogP contribution in [-0.4, -0.2) is 39.0 Å². The van der Waals surface area contributed by atoms with E-state index >= 15 is 0 Å². The van der Waals surface area contributed by atoms with E-state index < -0.39 is 26.7 Å². The molecule has 124 valence electrons. The molecule has 1 aliphatic rings. The van der Waals surface area contributed by atoms with E-state index in [9.17, 15) is 21.6 Å². The van der Waals surface area contributed by atoms with E-state index in [2.05, 4.69) is 0 Å². The van der Waals surface area contributed by atoms with Gasteiger partial charge in [0.25, 0.3) is 0 Å². The SMILES string of the molecule is COCC1CCCN1S(=O)(=O)c1cc(C(F)(F)F)ccc1Cl. The fourth-order valence-electron chi connectivity index (χ4n) is 2.49. The molecule has 2 rings (SSSR count). The van der Waals surface area contributed by atoms with E-state index in [1.165, 1.54) is 7.11 Å². The van der Waals surface area contributed by atoms with Crippen LogP contribution in [-0.2, 0) is 20.9 Å². The van der Waals surface area contributed by atoms with Crippen LogP contribution in [0.2, 0.25) is 5.02 Å². The van der Waals surface area contributed by atoms with Crippen molar-refractivity contribution in [3.8, 4) is 0 Å². The third kappa shape index (κ3) is 3.40. The fourth-order valence-corrected chi connectivity index (χ4v) is 4.67. The molecule has 1 atom stereocenters. The first-order chi connectivity index (χ1) is 10.2. The first-order valence-electron chi connectivity index (χ1n) is 6.55. The van der Waals surface area contributed by atoms with Crippen LogP contribution in [0, 0.1) is 0 Å². The predicted octanol–water partition coefficient (Wildman–Crippen LogP) is 3.16. The van der Waals surface area contributed by atoms with E-state index in [4.69, 9.17) is 16.3 Å². The minimum Gasteiger partial charge on any atom is -0.383 e. The second-order valence-electron chi connectivity index (χ2n) is 5.01. The van der Waals surface area contributed by atoms with Gasteiger partial charge in [-0.15, -0.1) is 0 Å². The highest BCUT2D eigenvalue weighted by atomic mass is 35.5. The highest BCUT2D eigenvalue weighted by Crippen LogP contribution is 2.36. The largest absolute Gasteiger partial charge is 0.416 e. The Morgan fingerprint density at radius 2 is 2.09 bits per heavy atom. The van der Waals surface area contributed by atoms with Crippen LogP contribution in [0.1, 0.15) is 18.4 Å². The monoisotopic (exact) mass is 357 g/mol. The summed E-state index contributed by atoms with van der Waals surface area (Å²) in [6.45, 7) is 0.429. The van der Waals surface area contributed by atoms with E-state index in [0.29, 0.717) is 18.9 Å². The van der Waals surface area contributed by atoms with Gasteiger partial charge in [-0.2, -0.15) is 17.5 Å². The lowest BCUT2D eigenvalue weighted by Gasteiger charge is -2.24. The Hall–Kier alpha value is -0.830. The third-order valence-corrected chi connectivity index (χ3v) is 5.96. The molecule has 1 heterocycles. The molecule has 1 aromatic carbocycles. The van der Waals surface area contributed by atoms with Gasteiger partial charge in [-0.1, -0.05) is 11.6 Å². The van der Waals surface area contributed by atoms with Gasteiger partial charge in [0.15, 0.2) is 0 Å². The number of ether oxygens (including phenoxy) is 1. The summed E-state index contributed by atoms with van der Waals surface area (Å²) in [6.07, 6.45) is -3.40. The molecule has 0 radical (unpaired) electrons. The van der Waals surface area contributed by atoms with E-state index in [0.717, 1.165) is 16.4 Å².